The minimum atomic E-state index is -0.348. The lowest BCUT2D eigenvalue weighted by Crippen LogP contribution is -2.47. The van der Waals surface area contributed by atoms with E-state index in [1.54, 1.807) is 0 Å². The Morgan fingerprint density at radius 3 is 2.09 bits per heavy atom. The molecular formula is C30H41N3O. The molecule has 2 amide bonds. The van der Waals surface area contributed by atoms with E-state index in [-0.39, 0.29) is 11.4 Å². The number of rotatable bonds is 6. The molecule has 4 nitrogen and oxygen atoms in total. The summed E-state index contributed by atoms with van der Waals surface area (Å²) in [4.78, 5) is 15.1. The van der Waals surface area contributed by atoms with Crippen molar-refractivity contribution in [2.75, 3.05) is 11.4 Å². The Kier molecular flexibility index (Phi) is 7.06. The van der Waals surface area contributed by atoms with Crippen LogP contribution in [0.4, 0.5) is 10.5 Å². The fraction of sp³-hybridized carbons (Fsp3) is 0.500. The molecule has 1 aromatic heterocycles. The molecule has 1 fully saturated rings. The van der Waals surface area contributed by atoms with E-state index in [1.165, 1.54) is 53.3 Å². The first kappa shape index (κ1) is 24.4. The minimum absolute atomic E-state index is 0.120. The van der Waals surface area contributed by atoms with Crippen LogP contribution in [-0.4, -0.2) is 17.1 Å². The third kappa shape index (κ3) is 4.47. The molecular weight excluding hydrogens is 418 g/mol. The summed E-state index contributed by atoms with van der Waals surface area (Å²) >= 11 is 0. The number of nitrogens with zero attached hydrogens (tertiary/aromatic N) is 2. The molecule has 0 bridgehead atoms. The summed E-state index contributed by atoms with van der Waals surface area (Å²) in [5.41, 5.74) is 12.1. The van der Waals surface area contributed by atoms with E-state index in [0.29, 0.717) is 18.4 Å². The number of aromatic nitrogens is 1. The number of aryl methyl sites for hydroxylation is 1. The molecule has 1 aliphatic carbocycles. The average molecular weight is 460 g/mol. The summed E-state index contributed by atoms with van der Waals surface area (Å²) in [6.45, 7) is 9.44. The highest BCUT2D eigenvalue weighted by molar-refractivity contribution is 5.93. The Hall–Kier alpha value is -2.75. The van der Waals surface area contributed by atoms with Gasteiger partial charge in [0.1, 0.15) is 0 Å². The molecule has 1 aliphatic rings. The first-order valence-corrected chi connectivity index (χ1v) is 13.0. The third-order valence-corrected chi connectivity index (χ3v) is 7.87. The van der Waals surface area contributed by atoms with Gasteiger partial charge in [0.2, 0.25) is 0 Å². The maximum Gasteiger partial charge on any atom is 0.319 e. The zero-order valence-electron chi connectivity index (χ0n) is 21.6. The molecule has 3 aromatic rings. The number of nitrogens with two attached hydrogens (primary N) is 1. The van der Waals surface area contributed by atoms with Gasteiger partial charge in [-0.25, -0.2) is 4.79 Å². The Bertz CT molecular complexity index is 1120. The summed E-state index contributed by atoms with van der Waals surface area (Å²) < 4.78 is 2.24. The molecule has 0 saturated heterocycles. The maximum atomic E-state index is 13.2. The van der Waals surface area contributed by atoms with Crippen molar-refractivity contribution < 1.29 is 4.79 Å². The van der Waals surface area contributed by atoms with E-state index in [2.05, 4.69) is 88.0 Å². The number of amides is 2. The van der Waals surface area contributed by atoms with Crippen LogP contribution in [0, 0.1) is 0 Å². The van der Waals surface area contributed by atoms with E-state index >= 15 is 0 Å². The molecule has 4 heteroatoms. The molecule has 0 spiro atoms. The van der Waals surface area contributed by atoms with Crippen molar-refractivity contribution >= 4 is 22.6 Å². The fourth-order valence-electron chi connectivity index (χ4n) is 6.08. The Morgan fingerprint density at radius 1 is 0.941 bits per heavy atom. The molecule has 1 saturated carbocycles. The van der Waals surface area contributed by atoms with Crippen molar-refractivity contribution in [3.05, 3.63) is 65.4 Å². The number of carbonyl (C=O) groups is 1. The van der Waals surface area contributed by atoms with E-state index in [1.807, 2.05) is 4.90 Å². The van der Waals surface area contributed by atoms with Crippen LogP contribution in [0.2, 0.25) is 0 Å². The lowest BCUT2D eigenvalue weighted by molar-refractivity contribution is 0.250. The van der Waals surface area contributed by atoms with Crippen LogP contribution in [0.15, 0.2) is 48.7 Å². The number of fused-ring (bicyclic) bond motifs is 1. The van der Waals surface area contributed by atoms with Gasteiger partial charge in [-0.2, -0.15) is 0 Å². The third-order valence-electron chi connectivity index (χ3n) is 7.87. The van der Waals surface area contributed by atoms with E-state index < -0.39 is 0 Å². The van der Waals surface area contributed by atoms with Crippen LogP contribution in [-0.2, 0) is 12.5 Å². The standard InChI is InChI=1S/C30H41N3O/c1-21(2)23-14-12-15-24(22(3)4)28(23)33(29(31)34)20-30(17-10-6-7-11-18-30)26-19-32(5)27-16-9-8-13-25(26)27/h8-9,12-16,19,21-22H,6-7,10-11,17-18,20H2,1-5H3,(H2,31,34). The number of para-hydroxylation sites is 2. The zero-order chi connectivity index (χ0) is 24.5. The van der Waals surface area contributed by atoms with Gasteiger partial charge in [0.15, 0.2) is 0 Å². The largest absolute Gasteiger partial charge is 0.351 e. The molecule has 0 radical (unpaired) electrons. The lowest BCUT2D eigenvalue weighted by Gasteiger charge is -2.39. The zero-order valence-corrected chi connectivity index (χ0v) is 21.6. The van der Waals surface area contributed by atoms with Gasteiger partial charge in [0.25, 0.3) is 0 Å². The molecule has 4 rings (SSSR count). The van der Waals surface area contributed by atoms with Crippen molar-refractivity contribution in [2.24, 2.45) is 12.8 Å². The first-order valence-electron chi connectivity index (χ1n) is 13.0. The number of hydrogen-bond acceptors (Lipinski definition) is 1. The Labute approximate surface area is 205 Å². The van der Waals surface area contributed by atoms with Gasteiger partial charge < -0.3 is 10.3 Å². The van der Waals surface area contributed by atoms with Crippen molar-refractivity contribution in [3.8, 4) is 0 Å². The van der Waals surface area contributed by atoms with Crippen molar-refractivity contribution in [3.63, 3.8) is 0 Å². The second-order valence-corrected chi connectivity index (χ2v) is 10.9. The molecule has 0 unspecified atom stereocenters. The summed E-state index contributed by atoms with van der Waals surface area (Å²) in [5, 5.41) is 1.30. The van der Waals surface area contributed by atoms with Crippen molar-refractivity contribution in [1.82, 2.24) is 4.57 Å². The second-order valence-electron chi connectivity index (χ2n) is 10.9. The Morgan fingerprint density at radius 2 is 1.53 bits per heavy atom. The summed E-state index contributed by atoms with van der Waals surface area (Å²) in [7, 11) is 2.13. The minimum Gasteiger partial charge on any atom is -0.351 e. The number of primary amides is 1. The summed E-state index contributed by atoms with van der Waals surface area (Å²) in [6, 6.07) is 14.8. The highest BCUT2D eigenvalue weighted by Crippen LogP contribution is 2.45. The molecule has 34 heavy (non-hydrogen) atoms. The number of carbonyl (C=O) groups excluding carboxylic acids is 1. The number of hydrogen-bond donors (Lipinski definition) is 1. The van der Waals surface area contributed by atoms with Crippen LogP contribution in [0.5, 0.6) is 0 Å². The number of benzene rings is 2. The van der Waals surface area contributed by atoms with E-state index in [9.17, 15) is 4.79 Å². The topological polar surface area (TPSA) is 51.3 Å². The van der Waals surface area contributed by atoms with Crippen molar-refractivity contribution in [1.29, 1.82) is 0 Å². The SMILES string of the molecule is CC(C)c1cccc(C(C)C)c1N(CC1(c2cn(C)c3ccccc23)CCCCCC1)C(N)=O. The molecule has 0 aliphatic heterocycles. The van der Waals surface area contributed by atoms with Crippen LogP contribution >= 0.6 is 0 Å². The van der Waals surface area contributed by atoms with Crippen LogP contribution in [0.25, 0.3) is 10.9 Å². The molecule has 1 heterocycles. The molecule has 182 valence electrons. The van der Waals surface area contributed by atoms with Gasteiger partial charge in [-0.3, -0.25) is 4.90 Å². The van der Waals surface area contributed by atoms with Crippen LogP contribution in [0.3, 0.4) is 0 Å². The smallest absolute Gasteiger partial charge is 0.319 e. The van der Waals surface area contributed by atoms with Gasteiger partial charge in [0, 0.05) is 36.1 Å². The lowest BCUT2D eigenvalue weighted by atomic mass is 9.73. The van der Waals surface area contributed by atoms with Gasteiger partial charge in [-0.15, -0.1) is 0 Å². The van der Waals surface area contributed by atoms with Crippen LogP contribution < -0.4 is 10.6 Å². The quantitative estimate of drug-likeness (QED) is 0.379. The highest BCUT2D eigenvalue weighted by Gasteiger charge is 2.39. The highest BCUT2D eigenvalue weighted by atomic mass is 16.2. The van der Waals surface area contributed by atoms with Crippen LogP contribution in [0.1, 0.15) is 94.7 Å². The molecule has 0 atom stereocenters. The fourth-order valence-corrected chi connectivity index (χ4v) is 6.08. The number of anilines is 1. The molecule has 2 N–H and O–H groups in total. The van der Waals surface area contributed by atoms with Gasteiger partial charge in [-0.05, 0) is 47.4 Å². The summed E-state index contributed by atoms with van der Waals surface area (Å²) in [5.74, 6) is 0.608. The van der Waals surface area contributed by atoms with E-state index in [4.69, 9.17) is 5.73 Å². The number of urea groups is 1. The predicted molar refractivity (Wildman–Crippen MR) is 144 cm³/mol. The van der Waals surface area contributed by atoms with Gasteiger partial charge >= 0.3 is 6.03 Å². The maximum absolute atomic E-state index is 13.2. The van der Waals surface area contributed by atoms with Gasteiger partial charge in [0.05, 0.1) is 5.69 Å². The summed E-state index contributed by atoms with van der Waals surface area (Å²) in [6.07, 6.45) is 9.33. The monoisotopic (exact) mass is 459 g/mol. The molecule has 2 aromatic carbocycles. The second kappa shape index (κ2) is 9.85. The Balaban J connectivity index is 1.91. The van der Waals surface area contributed by atoms with Gasteiger partial charge in [-0.1, -0.05) is 89.8 Å². The average Bonchev–Trinajstić information content (AvgIpc) is 2.99. The predicted octanol–water partition coefficient (Wildman–Crippen LogP) is 7.60. The normalized spacial score (nSPS) is 16.2. The first-order chi connectivity index (χ1) is 16.2. The van der Waals surface area contributed by atoms with E-state index in [0.717, 1.165) is 18.5 Å². The van der Waals surface area contributed by atoms with Crippen molar-refractivity contribution in [2.45, 2.75) is 83.5 Å².